The van der Waals surface area contributed by atoms with Crippen LogP contribution in [0.5, 0.6) is 5.88 Å². The number of benzene rings is 1. The summed E-state index contributed by atoms with van der Waals surface area (Å²) in [6.07, 6.45) is 3.83. The number of esters is 1. The molecule has 1 aromatic carbocycles. The molecule has 0 aliphatic rings. The number of carbonyl (C=O) groups is 1. The lowest BCUT2D eigenvalue weighted by Crippen LogP contribution is -2.23. The van der Waals surface area contributed by atoms with Crippen LogP contribution in [0, 0.1) is 0 Å². The van der Waals surface area contributed by atoms with Crippen molar-refractivity contribution in [1.29, 1.82) is 0 Å². The van der Waals surface area contributed by atoms with E-state index in [0.717, 1.165) is 17.5 Å². The number of ether oxygens (including phenoxy) is 2. The molecule has 4 rings (SSSR count). The van der Waals surface area contributed by atoms with Gasteiger partial charge in [0.15, 0.2) is 0 Å². The predicted molar refractivity (Wildman–Crippen MR) is 123 cm³/mol. The fraction of sp³-hybridized carbons (Fsp3) is 0.217. The Bertz CT molecular complexity index is 1300. The van der Waals surface area contributed by atoms with Gasteiger partial charge in [-0.15, -0.1) is 11.3 Å². The fourth-order valence-electron chi connectivity index (χ4n) is 3.30. The number of hydrogen-bond acceptors (Lipinski definition) is 8. The van der Waals surface area contributed by atoms with Crippen molar-refractivity contribution in [2.45, 2.75) is 26.5 Å². The highest BCUT2D eigenvalue weighted by atomic mass is 32.1. The summed E-state index contributed by atoms with van der Waals surface area (Å²) in [5.41, 5.74) is 7.96. The van der Waals surface area contributed by atoms with Crippen molar-refractivity contribution in [2.24, 2.45) is 0 Å². The summed E-state index contributed by atoms with van der Waals surface area (Å²) in [6.45, 7) is 2.69. The highest BCUT2D eigenvalue weighted by molar-refractivity contribution is 7.17. The molecule has 0 saturated heterocycles. The summed E-state index contributed by atoms with van der Waals surface area (Å²) in [6, 6.07) is 11.6. The van der Waals surface area contributed by atoms with Crippen LogP contribution < -0.4 is 16.2 Å². The third kappa shape index (κ3) is 4.62. The van der Waals surface area contributed by atoms with Crippen molar-refractivity contribution in [2.75, 3.05) is 12.3 Å². The largest absolute Gasteiger partial charge is 0.473 e. The van der Waals surface area contributed by atoms with Gasteiger partial charge in [-0.2, -0.15) is 4.98 Å². The Kier molecular flexibility index (Phi) is 6.46. The lowest BCUT2D eigenvalue weighted by atomic mass is 10.1. The molecule has 0 spiro atoms. The van der Waals surface area contributed by atoms with Crippen LogP contribution in [-0.2, 0) is 24.3 Å². The van der Waals surface area contributed by atoms with Gasteiger partial charge >= 0.3 is 11.7 Å². The first-order chi connectivity index (χ1) is 15.6. The average Bonchev–Trinajstić information content (AvgIpc) is 3.23. The van der Waals surface area contributed by atoms with Gasteiger partial charge in [0.05, 0.1) is 16.9 Å². The van der Waals surface area contributed by atoms with Gasteiger partial charge in [-0.1, -0.05) is 30.3 Å². The number of rotatable bonds is 8. The number of hydrogen-bond donors (Lipinski definition) is 1. The molecule has 3 heterocycles. The Morgan fingerprint density at radius 2 is 2.03 bits per heavy atom. The van der Waals surface area contributed by atoms with Gasteiger partial charge in [0.25, 0.3) is 0 Å². The third-order valence-corrected chi connectivity index (χ3v) is 5.97. The number of anilines is 1. The second kappa shape index (κ2) is 9.61. The molecule has 3 aromatic heterocycles. The molecule has 0 unspecified atom stereocenters. The van der Waals surface area contributed by atoms with Crippen molar-refractivity contribution in [3.63, 3.8) is 0 Å². The molecule has 0 saturated carbocycles. The normalized spacial score (nSPS) is 10.9. The number of aryl methyl sites for hydroxylation is 2. The summed E-state index contributed by atoms with van der Waals surface area (Å²) in [5.74, 6) is 0.0793. The molecule has 8 nitrogen and oxygen atoms in total. The number of carbonyl (C=O) groups excluding carboxylic acids is 1. The van der Waals surface area contributed by atoms with Gasteiger partial charge in [0.1, 0.15) is 12.4 Å². The number of fused-ring (bicyclic) bond motifs is 1. The van der Waals surface area contributed by atoms with Crippen molar-refractivity contribution in [3.05, 3.63) is 81.3 Å². The second-order valence-corrected chi connectivity index (χ2v) is 7.89. The maximum absolute atomic E-state index is 12.4. The van der Waals surface area contributed by atoms with E-state index in [1.54, 1.807) is 23.8 Å². The van der Waals surface area contributed by atoms with Gasteiger partial charge in [0, 0.05) is 36.0 Å². The van der Waals surface area contributed by atoms with E-state index in [0.29, 0.717) is 28.0 Å². The van der Waals surface area contributed by atoms with Gasteiger partial charge in [0.2, 0.25) is 5.88 Å². The molecule has 0 radical (unpaired) electrons. The Hall–Kier alpha value is -3.72. The molecule has 0 bridgehead atoms. The van der Waals surface area contributed by atoms with Crippen LogP contribution in [0.2, 0.25) is 0 Å². The van der Waals surface area contributed by atoms with E-state index in [-0.39, 0.29) is 24.8 Å². The molecular formula is C23H22N4O4S. The Morgan fingerprint density at radius 3 is 2.78 bits per heavy atom. The van der Waals surface area contributed by atoms with Crippen LogP contribution in [0.15, 0.2) is 59.0 Å². The predicted octanol–water partition coefficient (Wildman–Crippen LogP) is 3.43. The van der Waals surface area contributed by atoms with Crippen molar-refractivity contribution in [1.82, 2.24) is 14.5 Å². The Morgan fingerprint density at radius 1 is 1.22 bits per heavy atom. The van der Waals surface area contributed by atoms with Crippen LogP contribution in [0.4, 0.5) is 5.82 Å². The van der Waals surface area contributed by atoms with E-state index in [4.69, 9.17) is 15.2 Å². The minimum atomic E-state index is -0.444. The lowest BCUT2D eigenvalue weighted by molar-refractivity contribution is 0.0528. The van der Waals surface area contributed by atoms with Gasteiger partial charge in [-0.3, -0.25) is 4.57 Å². The molecule has 0 amide bonds. The van der Waals surface area contributed by atoms with E-state index in [1.165, 1.54) is 17.5 Å². The maximum atomic E-state index is 12.4. The summed E-state index contributed by atoms with van der Waals surface area (Å²) >= 11 is 1.37. The molecule has 0 atom stereocenters. The van der Waals surface area contributed by atoms with E-state index in [2.05, 4.69) is 9.97 Å². The first-order valence-electron chi connectivity index (χ1n) is 10.1. The van der Waals surface area contributed by atoms with Gasteiger partial charge < -0.3 is 15.2 Å². The zero-order valence-corrected chi connectivity index (χ0v) is 18.3. The summed E-state index contributed by atoms with van der Waals surface area (Å²) in [4.78, 5) is 32.7. The van der Waals surface area contributed by atoms with E-state index >= 15 is 0 Å². The number of nitrogens with zero attached hydrogens (tertiary/aromatic N) is 3. The third-order valence-electron chi connectivity index (χ3n) is 4.90. The molecule has 4 aromatic rings. The molecule has 164 valence electrons. The van der Waals surface area contributed by atoms with Gasteiger partial charge in [-0.05, 0) is 24.3 Å². The maximum Gasteiger partial charge on any atom is 0.350 e. The number of nitrogens with two attached hydrogens (primary N) is 1. The Labute approximate surface area is 188 Å². The molecule has 0 aliphatic heterocycles. The molecule has 2 N–H and O–H groups in total. The summed E-state index contributed by atoms with van der Waals surface area (Å²) < 4.78 is 13.1. The lowest BCUT2D eigenvalue weighted by Gasteiger charge is -2.09. The van der Waals surface area contributed by atoms with Crippen LogP contribution >= 0.6 is 11.3 Å². The highest BCUT2D eigenvalue weighted by Crippen LogP contribution is 2.33. The van der Waals surface area contributed by atoms with Crippen LogP contribution in [-0.4, -0.2) is 27.1 Å². The SMILES string of the molecule is CCOC(=O)c1cnc(N)c2c(COc3ccn(CCc4ccccc4)c(=O)n3)csc12. The molecule has 32 heavy (non-hydrogen) atoms. The summed E-state index contributed by atoms with van der Waals surface area (Å²) in [7, 11) is 0. The minimum Gasteiger partial charge on any atom is -0.473 e. The van der Waals surface area contributed by atoms with Crippen LogP contribution in [0.25, 0.3) is 10.1 Å². The van der Waals surface area contributed by atoms with Crippen molar-refractivity contribution in [3.8, 4) is 5.88 Å². The number of thiophene rings is 1. The van der Waals surface area contributed by atoms with Crippen molar-refractivity contribution < 1.29 is 14.3 Å². The van der Waals surface area contributed by atoms with E-state index in [1.807, 2.05) is 35.7 Å². The standard InChI is InChI=1S/C23H22N4O4S/c1-2-30-22(28)17-12-25-21(24)19-16(14-32-20(17)19)13-31-18-9-11-27(23(29)26-18)10-8-15-6-4-3-5-7-15/h3-7,9,11-12,14H,2,8,10,13H2,1H3,(H2,24,25). The minimum absolute atomic E-state index is 0.138. The molecular weight excluding hydrogens is 428 g/mol. The number of nitrogen functional groups attached to an aromatic ring is 1. The first kappa shape index (κ1) is 21.5. The molecule has 0 fully saturated rings. The van der Waals surface area contributed by atoms with Crippen LogP contribution in [0.3, 0.4) is 0 Å². The molecule has 0 aliphatic carbocycles. The molecule has 9 heteroatoms. The van der Waals surface area contributed by atoms with E-state index in [9.17, 15) is 9.59 Å². The zero-order chi connectivity index (χ0) is 22.5. The highest BCUT2D eigenvalue weighted by Gasteiger charge is 2.18. The van der Waals surface area contributed by atoms with Crippen molar-refractivity contribution >= 4 is 33.2 Å². The topological polar surface area (TPSA) is 109 Å². The number of aromatic nitrogens is 3. The monoisotopic (exact) mass is 450 g/mol. The number of pyridine rings is 1. The Balaban J connectivity index is 1.48. The average molecular weight is 451 g/mol. The zero-order valence-electron chi connectivity index (χ0n) is 17.5. The first-order valence-corrected chi connectivity index (χ1v) is 11.0. The van der Waals surface area contributed by atoms with E-state index < -0.39 is 5.97 Å². The second-order valence-electron chi connectivity index (χ2n) is 7.01. The smallest absolute Gasteiger partial charge is 0.350 e. The van der Waals surface area contributed by atoms with Gasteiger partial charge in [-0.25, -0.2) is 14.6 Å². The quantitative estimate of drug-likeness (QED) is 0.410. The van der Waals surface area contributed by atoms with Crippen LogP contribution in [0.1, 0.15) is 28.4 Å². The fourth-order valence-corrected chi connectivity index (χ4v) is 4.36. The summed E-state index contributed by atoms with van der Waals surface area (Å²) in [5, 5.41) is 2.50.